The molecule has 0 aliphatic heterocycles. The van der Waals surface area contributed by atoms with E-state index in [0.29, 0.717) is 35.3 Å². The number of methoxy groups -OCH3 is 2. The van der Waals surface area contributed by atoms with Crippen LogP contribution in [0.2, 0.25) is 5.02 Å². The van der Waals surface area contributed by atoms with Gasteiger partial charge in [-0.2, -0.15) is 0 Å². The van der Waals surface area contributed by atoms with Gasteiger partial charge in [-0.05, 0) is 42.0 Å². The van der Waals surface area contributed by atoms with Crippen molar-refractivity contribution in [3.05, 3.63) is 53.1 Å². The van der Waals surface area contributed by atoms with E-state index >= 15 is 0 Å². The van der Waals surface area contributed by atoms with E-state index in [-0.39, 0.29) is 18.2 Å². The second kappa shape index (κ2) is 9.83. The van der Waals surface area contributed by atoms with Crippen molar-refractivity contribution in [2.24, 2.45) is 0 Å². The van der Waals surface area contributed by atoms with Crippen LogP contribution >= 0.6 is 11.6 Å². The molecule has 2 aromatic rings. The summed E-state index contributed by atoms with van der Waals surface area (Å²) in [5.74, 6) is 0.942. The van der Waals surface area contributed by atoms with Gasteiger partial charge in [0.15, 0.2) is 11.5 Å². The first-order valence-corrected chi connectivity index (χ1v) is 8.82. The van der Waals surface area contributed by atoms with E-state index < -0.39 is 0 Å². The van der Waals surface area contributed by atoms with Gasteiger partial charge in [-0.3, -0.25) is 9.59 Å². The minimum Gasteiger partial charge on any atom is -0.493 e. The lowest BCUT2D eigenvalue weighted by Gasteiger charge is -2.21. The van der Waals surface area contributed by atoms with Crippen LogP contribution < -0.4 is 14.8 Å². The number of nitrogens with zero attached hydrogens (tertiary/aromatic N) is 1. The summed E-state index contributed by atoms with van der Waals surface area (Å²) in [4.78, 5) is 25.7. The number of rotatable bonds is 8. The Hall–Kier alpha value is -2.73. The number of ether oxygens (including phenoxy) is 2. The van der Waals surface area contributed by atoms with Crippen LogP contribution in [0.4, 0.5) is 5.69 Å². The molecule has 6 nitrogen and oxygen atoms in total. The highest BCUT2D eigenvalue weighted by atomic mass is 35.5. The molecule has 144 valence electrons. The maximum atomic E-state index is 12.1. The van der Waals surface area contributed by atoms with Gasteiger partial charge in [-0.15, -0.1) is 0 Å². The fourth-order valence-electron chi connectivity index (χ4n) is 2.54. The molecule has 0 aliphatic carbocycles. The fourth-order valence-corrected chi connectivity index (χ4v) is 2.67. The summed E-state index contributed by atoms with van der Waals surface area (Å²) in [6.07, 6.45) is 0.190. The number of benzene rings is 2. The molecule has 0 fully saturated rings. The Bertz CT molecular complexity index is 793. The second-order valence-corrected chi connectivity index (χ2v) is 6.37. The van der Waals surface area contributed by atoms with E-state index in [1.807, 2.05) is 12.1 Å². The van der Waals surface area contributed by atoms with Crippen molar-refractivity contribution in [2.75, 3.05) is 26.1 Å². The Morgan fingerprint density at radius 2 is 1.70 bits per heavy atom. The summed E-state index contributed by atoms with van der Waals surface area (Å²) in [5, 5.41) is 3.39. The third-order valence-electron chi connectivity index (χ3n) is 4.00. The Morgan fingerprint density at radius 3 is 2.30 bits per heavy atom. The first-order chi connectivity index (χ1) is 12.9. The topological polar surface area (TPSA) is 67.9 Å². The minimum atomic E-state index is -0.170. The molecule has 0 unspecified atom stereocenters. The van der Waals surface area contributed by atoms with Crippen molar-refractivity contribution in [3.63, 3.8) is 0 Å². The Morgan fingerprint density at radius 1 is 1.04 bits per heavy atom. The lowest BCUT2D eigenvalue weighted by Crippen LogP contribution is -2.31. The minimum absolute atomic E-state index is 0.107. The molecular weight excluding hydrogens is 368 g/mol. The molecular formula is C20H23ClN2O4. The molecule has 0 saturated carbocycles. The van der Waals surface area contributed by atoms with Crippen LogP contribution in [0.3, 0.4) is 0 Å². The molecule has 2 rings (SSSR count). The average molecular weight is 391 g/mol. The lowest BCUT2D eigenvalue weighted by atomic mass is 10.1. The first kappa shape index (κ1) is 20.6. The third-order valence-corrected chi connectivity index (χ3v) is 4.26. The van der Waals surface area contributed by atoms with Crippen LogP contribution in [-0.2, 0) is 16.1 Å². The number of halogens is 1. The number of carbonyl (C=O) groups is 2. The summed E-state index contributed by atoms with van der Waals surface area (Å²) in [6.45, 7) is 2.17. The van der Waals surface area contributed by atoms with Gasteiger partial charge in [0, 0.05) is 37.1 Å². The molecule has 2 amide bonds. The van der Waals surface area contributed by atoms with Crippen LogP contribution in [0.5, 0.6) is 11.5 Å². The van der Waals surface area contributed by atoms with Crippen molar-refractivity contribution in [2.45, 2.75) is 19.9 Å². The smallest absolute Gasteiger partial charge is 0.226 e. The summed E-state index contributed by atoms with van der Waals surface area (Å²) in [6, 6.07) is 12.3. The lowest BCUT2D eigenvalue weighted by molar-refractivity contribution is -0.129. The molecule has 2 aromatic carbocycles. The van der Waals surface area contributed by atoms with Gasteiger partial charge >= 0.3 is 0 Å². The van der Waals surface area contributed by atoms with E-state index in [4.69, 9.17) is 21.1 Å². The Balaban J connectivity index is 1.96. The van der Waals surface area contributed by atoms with Gasteiger partial charge < -0.3 is 19.7 Å². The van der Waals surface area contributed by atoms with Crippen LogP contribution in [0.25, 0.3) is 0 Å². The number of hydrogen-bond acceptors (Lipinski definition) is 4. The zero-order valence-corrected chi connectivity index (χ0v) is 16.4. The first-order valence-electron chi connectivity index (χ1n) is 8.44. The van der Waals surface area contributed by atoms with Crippen molar-refractivity contribution in [3.8, 4) is 11.5 Å². The van der Waals surface area contributed by atoms with E-state index in [2.05, 4.69) is 5.32 Å². The number of hydrogen-bond donors (Lipinski definition) is 1. The van der Waals surface area contributed by atoms with E-state index in [0.717, 1.165) is 5.56 Å². The number of carbonyl (C=O) groups excluding carboxylic acids is 2. The molecule has 0 aromatic heterocycles. The largest absolute Gasteiger partial charge is 0.493 e. The van der Waals surface area contributed by atoms with Crippen molar-refractivity contribution < 1.29 is 19.1 Å². The third kappa shape index (κ3) is 6.18. The zero-order valence-electron chi connectivity index (χ0n) is 15.6. The predicted molar refractivity (Wildman–Crippen MR) is 105 cm³/mol. The maximum absolute atomic E-state index is 12.1. The number of anilines is 1. The Labute approximate surface area is 164 Å². The summed E-state index contributed by atoms with van der Waals surface area (Å²) in [7, 11) is 3.13. The van der Waals surface area contributed by atoms with Crippen molar-refractivity contribution in [1.82, 2.24) is 4.90 Å². The van der Waals surface area contributed by atoms with Gasteiger partial charge in [-0.25, -0.2) is 0 Å². The molecule has 0 spiro atoms. The Kier molecular flexibility index (Phi) is 7.49. The van der Waals surface area contributed by atoms with Gasteiger partial charge in [-0.1, -0.05) is 17.7 Å². The predicted octanol–water partition coefficient (Wildman–Crippen LogP) is 3.73. The second-order valence-electron chi connectivity index (χ2n) is 5.93. The molecule has 0 radical (unpaired) electrons. The van der Waals surface area contributed by atoms with E-state index in [1.54, 1.807) is 49.5 Å². The molecule has 27 heavy (non-hydrogen) atoms. The van der Waals surface area contributed by atoms with E-state index in [9.17, 15) is 9.59 Å². The highest BCUT2D eigenvalue weighted by Crippen LogP contribution is 2.28. The summed E-state index contributed by atoms with van der Waals surface area (Å²) in [5.41, 5.74) is 1.56. The molecule has 0 heterocycles. The number of amides is 2. The van der Waals surface area contributed by atoms with Gasteiger partial charge in [0.1, 0.15) is 0 Å². The van der Waals surface area contributed by atoms with E-state index in [1.165, 1.54) is 6.92 Å². The van der Waals surface area contributed by atoms with Crippen LogP contribution in [0, 0.1) is 0 Å². The molecule has 0 saturated heterocycles. The molecule has 0 bridgehead atoms. The van der Waals surface area contributed by atoms with Crippen LogP contribution in [-0.4, -0.2) is 37.5 Å². The van der Waals surface area contributed by atoms with Crippen molar-refractivity contribution >= 4 is 29.1 Å². The highest BCUT2D eigenvalue weighted by molar-refractivity contribution is 6.30. The molecule has 7 heteroatoms. The molecule has 0 aliphatic rings. The standard InChI is InChI=1S/C20H23ClN2O4/c1-14(24)23(13-15-4-9-18(26-2)19(12-15)27-3)11-10-20(25)22-17-7-5-16(21)6-8-17/h4-9,12H,10-11,13H2,1-3H3,(H,22,25). The monoisotopic (exact) mass is 390 g/mol. The van der Waals surface area contributed by atoms with Gasteiger partial charge in [0.2, 0.25) is 11.8 Å². The van der Waals surface area contributed by atoms with Crippen LogP contribution in [0.15, 0.2) is 42.5 Å². The molecule has 1 N–H and O–H groups in total. The summed E-state index contributed by atoms with van der Waals surface area (Å²) < 4.78 is 10.5. The van der Waals surface area contributed by atoms with Gasteiger partial charge in [0.05, 0.1) is 14.2 Å². The zero-order chi connectivity index (χ0) is 19.8. The normalized spacial score (nSPS) is 10.2. The maximum Gasteiger partial charge on any atom is 0.226 e. The summed E-state index contributed by atoms with van der Waals surface area (Å²) >= 11 is 5.83. The molecule has 0 atom stereocenters. The SMILES string of the molecule is COc1ccc(CN(CCC(=O)Nc2ccc(Cl)cc2)C(C)=O)cc1OC. The van der Waals surface area contributed by atoms with Gasteiger partial charge in [0.25, 0.3) is 0 Å². The van der Waals surface area contributed by atoms with Crippen molar-refractivity contribution in [1.29, 1.82) is 0 Å². The quantitative estimate of drug-likeness (QED) is 0.745. The highest BCUT2D eigenvalue weighted by Gasteiger charge is 2.14. The number of nitrogens with one attached hydrogen (secondary N) is 1. The average Bonchev–Trinajstić information content (AvgIpc) is 2.66. The van der Waals surface area contributed by atoms with Crippen LogP contribution in [0.1, 0.15) is 18.9 Å². The fraction of sp³-hybridized carbons (Fsp3) is 0.300.